The van der Waals surface area contributed by atoms with Crippen molar-refractivity contribution in [2.24, 2.45) is 7.05 Å². The highest BCUT2D eigenvalue weighted by molar-refractivity contribution is 5.98. The summed E-state index contributed by atoms with van der Waals surface area (Å²) in [6.07, 6.45) is 0. The van der Waals surface area contributed by atoms with Crippen molar-refractivity contribution in [3.05, 3.63) is 41.7 Å². The van der Waals surface area contributed by atoms with Gasteiger partial charge in [0.1, 0.15) is 5.69 Å². The molecule has 0 saturated carbocycles. The van der Waals surface area contributed by atoms with E-state index in [2.05, 4.69) is 15.3 Å². The van der Waals surface area contributed by atoms with Gasteiger partial charge in [0.05, 0.1) is 25.5 Å². The number of hydrogen-bond acceptors (Lipinski definition) is 5. The second kappa shape index (κ2) is 8.87. The van der Waals surface area contributed by atoms with Crippen molar-refractivity contribution < 1.29 is 14.3 Å². The number of ether oxygens (including phenoxy) is 1. The van der Waals surface area contributed by atoms with Gasteiger partial charge in [0.15, 0.2) is 0 Å². The average Bonchev–Trinajstić information content (AvgIpc) is 3.10. The zero-order chi connectivity index (χ0) is 21.9. The Labute approximate surface area is 177 Å². The smallest absolute Gasteiger partial charge is 0.272 e. The minimum Gasteiger partial charge on any atom is -0.378 e. The van der Waals surface area contributed by atoms with E-state index in [0.29, 0.717) is 11.4 Å². The van der Waals surface area contributed by atoms with Gasteiger partial charge in [0.25, 0.3) is 5.91 Å². The lowest BCUT2D eigenvalue weighted by Gasteiger charge is -2.28. The van der Waals surface area contributed by atoms with Crippen molar-refractivity contribution in [3.63, 3.8) is 0 Å². The summed E-state index contributed by atoms with van der Waals surface area (Å²) in [5.74, 6) is -0.485. The molecule has 2 aromatic rings. The summed E-state index contributed by atoms with van der Waals surface area (Å²) in [7, 11) is 3.36. The number of anilines is 2. The van der Waals surface area contributed by atoms with Gasteiger partial charge in [0.2, 0.25) is 5.91 Å². The SMILES string of the molecule is CN(CC(=O)Nc1ccc(N2CCOCC2)cc1)C(=O)c1cc(C(C)(C)C)nn1C. The number of carbonyl (C=O) groups excluding carboxylic acids is 2. The molecule has 1 aromatic heterocycles. The van der Waals surface area contributed by atoms with E-state index in [-0.39, 0.29) is 23.8 Å². The van der Waals surface area contributed by atoms with Crippen LogP contribution in [0.4, 0.5) is 11.4 Å². The number of hydrogen-bond donors (Lipinski definition) is 1. The average molecular weight is 414 g/mol. The van der Waals surface area contributed by atoms with Gasteiger partial charge >= 0.3 is 0 Å². The molecular weight excluding hydrogens is 382 g/mol. The van der Waals surface area contributed by atoms with Gasteiger partial charge in [-0.2, -0.15) is 5.10 Å². The third kappa shape index (κ3) is 5.18. The van der Waals surface area contributed by atoms with Crippen LogP contribution in [0.1, 0.15) is 37.0 Å². The second-order valence-electron chi connectivity index (χ2n) is 8.64. The number of nitrogens with zero attached hydrogens (tertiary/aromatic N) is 4. The van der Waals surface area contributed by atoms with Gasteiger partial charge < -0.3 is 19.9 Å². The third-order valence-corrected chi connectivity index (χ3v) is 5.12. The monoisotopic (exact) mass is 413 g/mol. The molecule has 1 aromatic carbocycles. The van der Waals surface area contributed by atoms with Gasteiger partial charge in [-0.05, 0) is 30.3 Å². The maximum absolute atomic E-state index is 12.8. The molecule has 0 spiro atoms. The van der Waals surface area contributed by atoms with Crippen molar-refractivity contribution in [1.29, 1.82) is 0 Å². The van der Waals surface area contributed by atoms with Crippen molar-refractivity contribution in [1.82, 2.24) is 14.7 Å². The summed E-state index contributed by atoms with van der Waals surface area (Å²) >= 11 is 0. The van der Waals surface area contributed by atoms with E-state index >= 15 is 0 Å². The molecule has 0 bridgehead atoms. The molecule has 0 aliphatic carbocycles. The van der Waals surface area contributed by atoms with Crippen LogP contribution in [0.25, 0.3) is 0 Å². The van der Waals surface area contributed by atoms with E-state index in [1.165, 1.54) is 4.90 Å². The van der Waals surface area contributed by atoms with Crippen molar-refractivity contribution in [2.75, 3.05) is 50.1 Å². The van der Waals surface area contributed by atoms with Gasteiger partial charge in [-0.3, -0.25) is 14.3 Å². The second-order valence-corrected chi connectivity index (χ2v) is 8.64. The van der Waals surface area contributed by atoms with Crippen molar-refractivity contribution in [2.45, 2.75) is 26.2 Å². The number of amides is 2. The number of benzene rings is 1. The molecule has 1 aliphatic rings. The molecule has 8 heteroatoms. The van der Waals surface area contributed by atoms with Crippen LogP contribution in [-0.4, -0.2) is 66.4 Å². The van der Waals surface area contributed by atoms with Crippen molar-refractivity contribution >= 4 is 23.2 Å². The van der Waals surface area contributed by atoms with Gasteiger partial charge in [-0.25, -0.2) is 0 Å². The maximum Gasteiger partial charge on any atom is 0.272 e. The van der Waals surface area contributed by atoms with Crippen LogP contribution in [0.5, 0.6) is 0 Å². The van der Waals surface area contributed by atoms with E-state index in [0.717, 1.165) is 37.7 Å². The van der Waals surface area contributed by atoms with Crippen LogP contribution >= 0.6 is 0 Å². The minimum absolute atomic E-state index is 0.0416. The Hall–Kier alpha value is -2.87. The Morgan fingerprint density at radius 1 is 1.17 bits per heavy atom. The maximum atomic E-state index is 12.8. The van der Waals surface area contributed by atoms with E-state index in [9.17, 15) is 9.59 Å². The van der Waals surface area contributed by atoms with E-state index in [1.807, 2.05) is 45.0 Å². The lowest BCUT2D eigenvalue weighted by atomic mass is 9.92. The highest BCUT2D eigenvalue weighted by Crippen LogP contribution is 2.22. The highest BCUT2D eigenvalue weighted by atomic mass is 16.5. The van der Waals surface area contributed by atoms with E-state index < -0.39 is 0 Å². The first-order chi connectivity index (χ1) is 14.1. The summed E-state index contributed by atoms with van der Waals surface area (Å²) in [6, 6.07) is 9.52. The Morgan fingerprint density at radius 3 is 2.37 bits per heavy atom. The van der Waals surface area contributed by atoms with Crippen LogP contribution < -0.4 is 10.2 Å². The molecule has 8 nitrogen and oxygen atoms in total. The first kappa shape index (κ1) is 21.8. The number of aromatic nitrogens is 2. The number of likely N-dealkylation sites (N-methyl/N-ethyl adjacent to an activating group) is 1. The lowest BCUT2D eigenvalue weighted by molar-refractivity contribution is -0.116. The molecule has 2 heterocycles. The highest BCUT2D eigenvalue weighted by Gasteiger charge is 2.24. The summed E-state index contributed by atoms with van der Waals surface area (Å²) in [5, 5.41) is 7.29. The fraction of sp³-hybridized carbons (Fsp3) is 0.500. The minimum atomic E-state index is -0.247. The molecule has 3 rings (SSSR count). The molecule has 162 valence electrons. The molecule has 2 amide bonds. The van der Waals surface area contributed by atoms with Gasteiger partial charge in [-0.1, -0.05) is 20.8 Å². The van der Waals surface area contributed by atoms with Gasteiger partial charge in [0, 0.05) is 44.0 Å². The fourth-order valence-corrected chi connectivity index (χ4v) is 3.29. The summed E-state index contributed by atoms with van der Waals surface area (Å²) in [4.78, 5) is 28.9. The summed E-state index contributed by atoms with van der Waals surface area (Å²) < 4.78 is 6.95. The number of morpholine rings is 1. The van der Waals surface area contributed by atoms with Crippen molar-refractivity contribution in [3.8, 4) is 0 Å². The molecule has 30 heavy (non-hydrogen) atoms. The number of carbonyl (C=O) groups is 2. The Morgan fingerprint density at radius 2 is 1.80 bits per heavy atom. The molecule has 1 fully saturated rings. The third-order valence-electron chi connectivity index (χ3n) is 5.12. The molecule has 1 N–H and O–H groups in total. The molecule has 1 saturated heterocycles. The predicted octanol–water partition coefficient (Wildman–Crippen LogP) is 2.26. The standard InChI is InChI=1S/C22H31N5O3/c1-22(2,3)19-14-18(26(5)24-19)21(29)25(4)15-20(28)23-16-6-8-17(9-7-16)27-10-12-30-13-11-27/h6-9,14H,10-13,15H2,1-5H3,(H,23,28). The van der Waals surface area contributed by atoms with Crippen LogP contribution in [0.15, 0.2) is 30.3 Å². The first-order valence-corrected chi connectivity index (χ1v) is 10.2. The summed E-state index contributed by atoms with van der Waals surface area (Å²) in [6.45, 7) is 9.29. The zero-order valence-corrected chi connectivity index (χ0v) is 18.4. The Bertz CT molecular complexity index is 892. The number of rotatable bonds is 5. The molecular formula is C22H31N5O3. The molecule has 0 unspecified atom stereocenters. The first-order valence-electron chi connectivity index (χ1n) is 10.2. The largest absolute Gasteiger partial charge is 0.378 e. The zero-order valence-electron chi connectivity index (χ0n) is 18.4. The predicted molar refractivity (Wildman–Crippen MR) is 117 cm³/mol. The van der Waals surface area contributed by atoms with Crippen LogP contribution in [0, 0.1) is 0 Å². The Kier molecular flexibility index (Phi) is 6.45. The number of nitrogens with one attached hydrogen (secondary N) is 1. The normalized spacial score (nSPS) is 14.5. The van der Waals surface area contributed by atoms with Crippen LogP contribution in [-0.2, 0) is 22.0 Å². The topological polar surface area (TPSA) is 79.7 Å². The quantitative estimate of drug-likeness (QED) is 0.813. The van der Waals surface area contributed by atoms with E-state index in [1.54, 1.807) is 24.8 Å². The number of aryl methyl sites for hydroxylation is 1. The van der Waals surface area contributed by atoms with Gasteiger partial charge in [-0.15, -0.1) is 0 Å². The molecule has 0 radical (unpaired) electrons. The van der Waals surface area contributed by atoms with Crippen LogP contribution in [0.2, 0.25) is 0 Å². The molecule has 0 atom stereocenters. The summed E-state index contributed by atoms with van der Waals surface area (Å²) in [5.41, 5.74) is 2.96. The van der Waals surface area contributed by atoms with E-state index in [4.69, 9.17) is 4.74 Å². The fourth-order valence-electron chi connectivity index (χ4n) is 3.29. The van der Waals surface area contributed by atoms with Crippen LogP contribution in [0.3, 0.4) is 0 Å². The lowest BCUT2D eigenvalue weighted by Crippen LogP contribution is -2.36. The molecule has 1 aliphatic heterocycles. The Balaban J connectivity index is 1.58.